The molecule has 2 aromatic rings. The van der Waals surface area contributed by atoms with Crippen LogP contribution < -0.4 is 56.5 Å². The van der Waals surface area contributed by atoms with Crippen LogP contribution in [0.3, 0.4) is 0 Å². The van der Waals surface area contributed by atoms with Crippen molar-refractivity contribution < 1.29 is 66.1 Å². The van der Waals surface area contributed by atoms with Gasteiger partial charge in [0.25, 0.3) is 0 Å². The molecule has 0 spiro atoms. The van der Waals surface area contributed by atoms with Gasteiger partial charge in [0.2, 0.25) is 5.78 Å². The second-order valence-electron chi connectivity index (χ2n) is 3.29. The summed E-state index contributed by atoms with van der Waals surface area (Å²) in [6.07, 6.45) is 0. The van der Waals surface area contributed by atoms with Gasteiger partial charge in [0, 0.05) is 9.90 Å². The van der Waals surface area contributed by atoms with Gasteiger partial charge >= 0.3 is 51.4 Å². The average molecular weight is 305 g/mol. The van der Waals surface area contributed by atoms with Crippen LogP contribution in [0.15, 0.2) is 36.4 Å². The first kappa shape index (κ1) is 16.0. The Bertz CT molecular complexity index is 577. The number of halogens is 1. The summed E-state index contributed by atoms with van der Waals surface area (Å²) in [5.41, 5.74) is 0.886. The van der Waals surface area contributed by atoms with Gasteiger partial charge in [-0.3, -0.25) is 4.79 Å². The van der Waals surface area contributed by atoms with E-state index in [4.69, 9.17) is 11.6 Å². The molecule has 1 aromatic carbocycles. The summed E-state index contributed by atoms with van der Waals surface area (Å²) >= 11 is 6.87. The van der Waals surface area contributed by atoms with E-state index in [9.17, 15) is 14.7 Å². The van der Waals surface area contributed by atoms with Gasteiger partial charge in [-0.05, 0) is 29.8 Å². The topological polar surface area (TPSA) is 57.2 Å². The van der Waals surface area contributed by atoms with E-state index < -0.39 is 11.8 Å². The Kier molecular flexibility index (Phi) is 6.20. The van der Waals surface area contributed by atoms with Crippen LogP contribution in [-0.2, 0) is 4.79 Å². The third-order valence-electron chi connectivity index (χ3n) is 2.14. The molecular weight excluding hydrogens is 299 g/mol. The zero-order valence-corrected chi connectivity index (χ0v) is 14.2. The minimum atomic E-state index is -1.69. The maximum atomic E-state index is 11.2. The van der Waals surface area contributed by atoms with Crippen molar-refractivity contribution in [1.29, 1.82) is 0 Å². The first-order valence-corrected chi connectivity index (χ1v) is 5.89. The van der Waals surface area contributed by atoms with Gasteiger partial charge < -0.3 is 9.90 Å². The molecule has 1 heterocycles. The van der Waals surface area contributed by atoms with E-state index in [1.807, 2.05) is 0 Å². The van der Waals surface area contributed by atoms with E-state index in [-0.39, 0.29) is 56.3 Å². The van der Waals surface area contributed by atoms with Crippen molar-refractivity contribution in [3.8, 4) is 10.4 Å². The monoisotopic (exact) mass is 304 g/mol. The quantitative estimate of drug-likeness (QED) is 0.415. The molecule has 0 atom stereocenters. The zero-order valence-electron chi connectivity index (χ0n) is 9.48. The van der Waals surface area contributed by atoms with Crippen LogP contribution in [0.1, 0.15) is 9.67 Å². The van der Waals surface area contributed by atoms with Crippen LogP contribution in [0.25, 0.3) is 10.4 Å². The molecule has 0 radical (unpaired) electrons. The Morgan fingerprint density at radius 3 is 2.22 bits per heavy atom. The van der Waals surface area contributed by atoms with Crippen molar-refractivity contribution in [2.45, 2.75) is 0 Å². The number of carbonyl (C=O) groups excluding carboxylic acids is 2. The number of hydrogen-bond acceptors (Lipinski definition) is 4. The molecule has 18 heavy (non-hydrogen) atoms. The summed E-state index contributed by atoms with van der Waals surface area (Å²) < 4.78 is 0. The first-order valence-electron chi connectivity index (χ1n) is 4.69. The molecule has 0 saturated carbocycles. The molecule has 0 amide bonds. The molecule has 0 fully saturated rings. The predicted molar refractivity (Wildman–Crippen MR) is 64.1 cm³/mol. The van der Waals surface area contributed by atoms with E-state index in [2.05, 4.69) is 0 Å². The van der Waals surface area contributed by atoms with Crippen molar-refractivity contribution in [1.82, 2.24) is 0 Å². The van der Waals surface area contributed by atoms with Crippen LogP contribution in [-0.4, -0.2) is 11.8 Å². The molecule has 0 bridgehead atoms. The number of hydrogen-bond donors (Lipinski definition) is 0. The molecule has 0 aliphatic heterocycles. The number of carboxylic acid groups (broad SMARTS) is 1. The Morgan fingerprint density at radius 2 is 1.67 bits per heavy atom. The number of Topliss-reactive ketones (excluding diaryl/α,β-unsaturated/α-hetero) is 1. The smallest absolute Gasteiger partial charge is 0.541 e. The molecule has 0 aliphatic rings. The number of thiophene rings is 1. The molecule has 0 N–H and O–H groups in total. The van der Waals surface area contributed by atoms with Crippen molar-refractivity contribution in [3.05, 3.63) is 46.3 Å². The fourth-order valence-electron chi connectivity index (χ4n) is 1.33. The van der Waals surface area contributed by atoms with Crippen LogP contribution in [0.5, 0.6) is 0 Å². The van der Waals surface area contributed by atoms with Gasteiger partial charge in [0.05, 0.1) is 4.88 Å². The van der Waals surface area contributed by atoms with E-state index >= 15 is 0 Å². The molecule has 3 nitrogen and oxygen atoms in total. The number of benzene rings is 1. The number of carbonyl (C=O) groups is 2. The van der Waals surface area contributed by atoms with E-state index in [0.717, 1.165) is 21.8 Å². The van der Waals surface area contributed by atoms with Crippen LogP contribution in [0.2, 0.25) is 5.02 Å². The molecule has 0 aliphatic carbocycles. The van der Waals surface area contributed by atoms with Gasteiger partial charge in [-0.15, -0.1) is 11.3 Å². The number of ketones is 1. The fraction of sp³-hybridized carbons (Fsp3) is 0. The summed E-state index contributed by atoms with van der Waals surface area (Å²) in [7, 11) is 0. The summed E-state index contributed by atoms with van der Waals surface area (Å²) in [6, 6.07) is 10.3. The number of aliphatic carboxylic acids is 1. The largest absolute Gasteiger partial charge is 1.00 e. The van der Waals surface area contributed by atoms with E-state index in [0.29, 0.717) is 5.02 Å². The van der Waals surface area contributed by atoms with E-state index in [1.54, 1.807) is 30.3 Å². The molecule has 86 valence electrons. The molecule has 1 aromatic heterocycles. The fourth-order valence-corrected chi connectivity index (χ4v) is 2.39. The Hall–Kier alpha value is -0.0136. The average Bonchev–Trinajstić information content (AvgIpc) is 2.78. The summed E-state index contributed by atoms with van der Waals surface area (Å²) in [6.45, 7) is 0. The number of rotatable bonds is 3. The van der Waals surface area contributed by atoms with Crippen molar-refractivity contribution in [3.63, 3.8) is 0 Å². The molecule has 6 heteroatoms. The summed E-state index contributed by atoms with van der Waals surface area (Å²) in [5, 5.41) is 11.0. The van der Waals surface area contributed by atoms with Gasteiger partial charge in [-0.1, -0.05) is 23.7 Å². The first-order chi connectivity index (χ1) is 8.08. The Balaban J connectivity index is 0.00000162. The SMILES string of the molecule is O=C([O-])C(=O)c1ccc(-c2ccc(Cl)cc2)s1.[K+]. The Labute approximate surface area is 155 Å². The molecule has 0 saturated heterocycles. The third kappa shape index (κ3) is 3.74. The van der Waals surface area contributed by atoms with Crippen LogP contribution in [0, 0.1) is 0 Å². The normalized spacial score (nSPS) is 9.61. The van der Waals surface area contributed by atoms with Crippen LogP contribution >= 0.6 is 22.9 Å². The van der Waals surface area contributed by atoms with Gasteiger partial charge in [0.1, 0.15) is 5.97 Å². The Morgan fingerprint density at radius 1 is 1.06 bits per heavy atom. The van der Waals surface area contributed by atoms with Gasteiger partial charge in [-0.2, -0.15) is 0 Å². The maximum absolute atomic E-state index is 11.2. The molecular formula is C12H6ClKO3S. The van der Waals surface area contributed by atoms with Gasteiger partial charge in [-0.25, -0.2) is 0 Å². The minimum absolute atomic E-state index is 0. The zero-order chi connectivity index (χ0) is 12.4. The summed E-state index contributed by atoms with van der Waals surface area (Å²) in [5.74, 6) is -2.68. The second kappa shape index (κ2) is 6.95. The van der Waals surface area contributed by atoms with Crippen molar-refractivity contribution in [2.75, 3.05) is 0 Å². The van der Waals surface area contributed by atoms with Gasteiger partial charge in [0.15, 0.2) is 0 Å². The third-order valence-corrected chi connectivity index (χ3v) is 3.53. The van der Waals surface area contributed by atoms with Crippen molar-refractivity contribution >= 4 is 34.7 Å². The number of carboxylic acids is 1. The predicted octanol–water partition coefficient (Wildman–Crippen LogP) is -0.995. The summed E-state index contributed by atoms with van der Waals surface area (Å²) in [4.78, 5) is 22.6. The van der Waals surface area contributed by atoms with Crippen molar-refractivity contribution in [2.24, 2.45) is 0 Å². The van der Waals surface area contributed by atoms with Crippen LogP contribution in [0.4, 0.5) is 0 Å². The second-order valence-corrected chi connectivity index (χ2v) is 4.81. The molecule has 2 rings (SSSR count). The maximum Gasteiger partial charge on any atom is 1.00 e. The molecule has 0 unspecified atom stereocenters. The van der Waals surface area contributed by atoms with E-state index in [1.165, 1.54) is 6.07 Å². The standard InChI is InChI=1S/C12H7ClO3S.K/c13-8-3-1-7(2-4-8)9-5-6-10(17-9)11(14)12(15)16;/h1-6H,(H,15,16);/q;+1/p-1. The minimum Gasteiger partial charge on any atom is -0.541 e.